The number of aromatic nitrogens is 3. The standard InChI is InChI=1S/C52H59N9O11S/c1-30-46(73-29-54-30)32-14-12-31(13-15-32)39(27-62)55-48(65)41-23-35(63)24-60(41)51(68)47(52(2,3)4)56-42(64)28-72-20-9-19-71-21-18-53-49(66)44-38-26-59(33-10-7-6-8-11-33)40-17-16-34(61(69)70)22-36(40)37-25-58(5)50(67)45(57-44)43(37)38/h6-8,10-17,22,25,29,35,39,41,47,57,62-63H,9,18-21,23-24,26-28H2,1-5H3,(H,53,66)(H,55,65)(H,56,64)/t35-,39+,41+,47-/m1/s1. The van der Waals surface area contributed by atoms with E-state index in [0.717, 1.165) is 21.8 Å². The zero-order valence-electron chi connectivity index (χ0n) is 41.2. The quantitative estimate of drug-likeness (QED) is 0.0354. The molecule has 21 heteroatoms. The number of H-pyrrole nitrogens is 1. The number of nitrogens with zero attached hydrogens (tertiary/aromatic N) is 5. The van der Waals surface area contributed by atoms with Crippen LogP contribution in [0.4, 0.5) is 17.1 Å². The molecule has 1 fully saturated rings. The van der Waals surface area contributed by atoms with Gasteiger partial charge in [0.25, 0.3) is 17.2 Å². The summed E-state index contributed by atoms with van der Waals surface area (Å²) in [6.07, 6.45) is 1.05. The van der Waals surface area contributed by atoms with Crippen LogP contribution in [0.2, 0.25) is 0 Å². The average Bonchev–Trinajstić information content (AvgIpc) is 4.08. The lowest BCUT2D eigenvalue weighted by Gasteiger charge is -2.35. The number of aliphatic hydroxyl groups excluding tert-OH is 2. The van der Waals surface area contributed by atoms with Crippen molar-refractivity contribution >= 4 is 62.9 Å². The largest absolute Gasteiger partial charge is 0.394 e. The highest BCUT2D eigenvalue weighted by Crippen LogP contribution is 2.45. The van der Waals surface area contributed by atoms with Crippen LogP contribution in [0.25, 0.3) is 32.5 Å². The number of thiazole rings is 1. The number of carbonyl (C=O) groups is 4. The lowest BCUT2D eigenvalue weighted by Crippen LogP contribution is -2.58. The number of anilines is 2. The van der Waals surface area contributed by atoms with Crippen molar-refractivity contribution in [2.75, 3.05) is 51.0 Å². The first-order valence-electron chi connectivity index (χ1n) is 23.9. The van der Waals surface area contributed by atoms with Gasteiger partial charge < -0.3 is 55.0 Å². The minimum atomic E-state index is -1.07. The Kier molecular flexibility index (Phi) is 15.8. The second kappa shape index (κ2) is 22.2. The molecule has 6 aromatic rings. The molecule has 5 heterocycles. The first kappa shape index (κ1) is 52.0. The van der Waals surface area contributed by atoms with E-state index in [4.69, 9.17) is 9.47 Å². The van der Waals surface area contributed by atoms with Crippen LogP contribution in [0.5, 0.6) is 0 Å². The van der Waals surface area contributed by atoms with E-state index in [9.17, 15) is 44.3 Å². The van der Waals surface area contributed by atoms with E-state index in [1.54, 1.807) is 45.6 Å². The summed E-state index contributed by atoms with van der Waals surface area (Å²) < 4.78 is 12.8. The molecule has 6 N–H and O–H groups in total. The van der Waals surface area contributed by atoms with E-state index in [2.05, 4.69) is 25.9 Å². The summed E-state index contributed by atoms with van der Waals surface area (Å²) in [5.74, 6) is -2.10. The minimum absolute atomic E-state index is 0.0170. The maximum absolute atomic E-state index is 14.1. The monoisotopic (exact) mass is 1020 g/mol. The van der Waals surface area contributed by atoms with E-state index in [-0.39, 0.29) is 74.9 Å². The summed E-state index contributed by atoms with van der Waals surface area (Å²) in [6, 6.07) is 18.6. The molecule has 20 nitrogen and oxygen atoms in total. The average molecular weight is 1020 g/mol. The van der Waals surface area contributed by atoms with Crippen LogP contribution in [0, 0.1) is 22.5 Å². The van der Waals surface area contributed by atoms with Crippen molar-refractivity contribution in [2.45, 2.75) is 71.3 Å². The summed E-state index contributed by atoms with van der Waals surface area (Å²) in [7, 11) is 1.59. The lowest BCUT2D eigenvalue weighted by atomic mass is 9.85. The van der Waals surface area contributed by atoms with Gasteiger partial charge in [0.2, 0.25) is 17.7 Å². The van der Waals surface area contributed by atoms with Crippen molar-refractivity contribution in [1.29, 1.82) is 0 Å². The molecule has 8 rings (SSSR count). The van der Waals surface area contributed by atoms with Crippen LogP contribution in [-0.4, -0.2) is 123 Å². The second-order valence-electron chi connectivity index (χ2n) is 19.2. The van der Waals surface area contributed by atoms with Gasteiger partial charge in [-0.1, -0.05) is 63.2 Å². The van der Waals surface area contributed by atoms with Gasteiger partial charge in [0.15, 0.2) is 0 Å². The van der Waals surface area contributed by atoms with Crippen LogP contribution in [-0.2, 0) is 37.4 Å². The number of likely N-dealkylation sites (tertiary alicyclic amines) is 1. The fraction of sp³-hybridized carbons (Fsp3) is 0.385. The molecule has 2 aliphatic rings. The summed E-state index contributed by atoms with van der Waals surface area (Å²) in [6.45, 7) is 7.23. The number of rotatable bonds is 19. The number of para-hydroxylation sites is 1. The van der Waals surface area contributed by atoms with Gasteiger partial charge in [0.1, 0.15) is 29.9 Å². The topological polar surface area (TPSA) is 264 Å². The third kappa shape index (κ3) is 11.3. The van der Waals surface area contributed by atoms with Crippen molar-refractivity contribution in [3.63, 3.8) is 0 Å². The molecule has 4 amide bonds. The predicted octanol–water partition coefficient (Wildman–Crippen LogP) is 5.02. The molecule has 0 aliphatic carbocycles. The minimum Gasteiger partial charge on any atom is -0.394 e. The number of aromatic amines is 1. The third-order valence-electron chi connectivity index (χ3n) is 13.1. The van der Waals surface area contributed by atoms with Gasteiger partial charge >= 0.3 is 0 Å². The molecule has 73 heavy (non-hydrogen) atoms. The Morgan fingerprint density at radius 3 is 2.42 bits per heavy atom. The maximum atomic E-state index is 14.1. The Bertz CT molecular complexity index is 3080. The number of nitro groups is 1. The van der Waals surface area contributed by atoms with Crippen molar-refractivity contribution in [1.82, 2.24) is 35.4 Å². The SMILES string of the molecule is Cc1ncsc1-c1ccc([C@H](CO)NC(=O)[C@@H]2C[C@@H](O)CN2C(=O)[C@@H](NC(=O)COCCCOCCNC(=O)c2[nH]c3c(=O)n(C)cc4c3c2CN(c2ccccc2)c2ccc([N+](=O)[O-])cc2-4)C(C)(C)C)cc1. The maximum Gasteiger partial charge on any atom is 0.274 e. The Hall–Kier alpha value is -7.30. The number of nitrogens with one attached hydrogen (secondary N) is 4. The fourth-order valence-corrected chi connectivity index (χ4v) is 10.2. The first-order chi connectivity index (χ1) is 34.9. The highest BCUT2D eigenvalue weighted by atomic mass is 32.1. The Morgan fingerprint density at radius 1 is 1.00 bits per heavy atom. The zero-order chi connectivity index (χ0) is 52.1. The highest BCUT2D eigenvalue weighted by Gasteiger charge is 2.45. The predicted molar refractivity (Wildman–Crippen MR) is 274 cm³/mol. The Balaban J connectivity index is 0.816. The number of amides is 4. The highest BCUT2D eigenvalue weighted by molar-refractivity contribution is 7.13. The Labute approximate surface area is 424 Å². The number of β-amino-alcohol motifs (C(OH)–C–C–N with tert-alkyl or cyclic N) is 1. The number of non-ortho nitro benzene ring substituents is 1. The molecule has 1 saturated heterocycles. The normalized spacial score (nSPS) is 16.2. The number of aryl methyl sites for hydroxylation is 2. The molecule has 0 saturated carbocycles. The summed E-state index contributed by atoms with van der Waals surface area (Å²) >= 11 is 1.52. The van der Waals surface area contributed by atoms with E-state index < -0.39 is 64.8 Å². The van der Waals surface area contributed by atoms with Crippen LogP contribution < -0.4 is 26.4 Å². The van der Waals surface area contributed by atoms with Gasteiger partial charge in [-0.3, -0.25) is 34.1 Å². The zero-order valence-corrected chi connectivity index (χ0v) is 42.0. The first-order valence-corrected chi connectivity index (χ1v) is 24.8. The molecule has 3 aromatic carbocycles. The van der Waals surface area contributed by atoms with E-state index in [0.29, 0.717) is 39.7 Å². The van der Waals surface area contributed by atoms with Gasteiger partial charge in [0.05, 0.1) is 52.9 Å². The number of pyridine rings is 1. The second-order valence-corrected chi connectivity index (χ2v) is 20.1. The van der Waals surface area contributed by atoms with Gasteiger partial charge in [-0.05, 0) is 48.1 Å². The number of fused-ring (bicyclic) bond motifs is 2. The number of hydrogen-bond donors (Lipinski definition) is 6. The number of nitro benzene ring substituents is 1. The molecule has 0 spiro atoms. The third-order valence-corrected chi connectivity index (χ3v) is 14.0. The molecule has 384 valence electrons. The molecule has 2 aliphatic heterocycles. The van der Waals surface area contributed by atoms with E-state index in [1.165, 1.54) is 32.9 Å². The van der Waals surface area contributed by atoms with Gasteiger partial charge in [-0.25, -0.2) is 4.98 Å². The fourth-order valence-electron chi connectivity index (χ4n) is 9.34. The smallest absolute Gasteiger partial charge is 0.274 e. The molecule has 4 atom stereocenters. The van der Waals surface area contributed by atoms with Gasteiger partial charge in [0, 0.05) is 91.6 Å². The van der Waals surface area contributed by atoms with Crippen LogP contribution in [0.3, 0.4) is 0 Å². The molecular weight excluding hydrogens is 959 g/mol. The van der Waals surface area contributed by atoms with Gasteiger partial charge in [-0.2, -0.15) is 0 Å². The molecule has 0 unspecified atom stereocenters. The summed E-state index contributed by atoms with van der Waals surface area (Å²) in [4.78, 5) is 91.5. The van der Waals surface area contributed by atoms with Crippen molar-refractivity contribution in [3.8, 4) is 21.6 Å². The number of carbonyl (C=O) groups excluding carboxylic acids is 4. The number of ether oxygens (including phenoxy) is 2. The number of benzene rings is 3. The van der Waals surface area contributed by atoms with Gasteiger partial charge in [-0.15, -0.1) is 11.3 Å². The summed E-state index contributed by atoms with van der Waals surface area (Å²) in [5, 5.41) is 41.8. The summed E-state index contributed by atoms with van der Waals surface area (Å²) in [5.41, 5.74) is 6.52. The number of hydrogen-bond acceptors (Lipinski definition) is 14. The Morgan fingerprint density at radius 2 is 1.74 bits per heavy atom. The molecule has 0 bridgehead atoms. The van der Waals surface area contributed by atoms with E-state index in [1.807, 2.05) is 66.4 Å². The van der Waals surface area contributed by atoms with Crippen LogP contribution >= 0.6 is 11.3 Å². The van der Waals surface area contributed by atoms with E-state index >= 15 is 0 Å². The molecule has 0 radical (unpaired) electrons. The van der Waals surface area contributed by atoms with Crippen molar-refractivity contribution in [2.24, 2.45) is 12.5 Å². The number of aliphatic hydroxyl groups is 2. The van der Waals surface area contributed by atoms with Crippen LogP contribution in [0.1, 0.15) is 67.0 Å². The van der Waals surface area contributed by atoms with Crippen LogP contribution in [0.15, 0.2) is 89.3 Å². The van der Waals surface area contributed by atoms with Crippen molar-refractivity contribution in [3.05, 3.63) is 127 Å². The van der Waals surface area contributed by atoms with Crippen molar-refractivity contribution < 1.29 is 43.8 Å². The lowest BCUT2D eigenvalue weighted by molar-refractivity contribution is -0.384. The molecule has 3 aromatic heterocycles. The molecular formula is C52H59N9O11S.